The lowest BCUT2D eigenvalue weighted by molar-refractivity contribution is 0.565. The van der Waals surface area contributed by atoms with E-state index in [4.69, 9.17) is 17.2 Å². The van der Waals surface area contributed by atoms with Crippen LogP contribution < -0.4 is 10.2 Å². The summed E-state index contributed by atoms with van der Waals surface area (Å²) in [5.41, 5.74) is 9.50. The quantitative estimate of drug-likeness (QED) is 0.286. The molecule has 1 saturated heterocycles. The molecule has 2 atom stereocenters. The second-order valence-electron chi connectivity index (χ2n) is 8.85. The van der Waals surface area contributed by atoms with E-state index in [2.05, 4.69) is 113 Å². The van der Waals surface area contributed by atoms with Crippen molar-refractivity contribution in [3.05, 3.63) is 111 Å². The molecular weight excluding hydrogens is 504 g/mol. The molecule has 4 nitrogen and oxygen atoms in total. The van der Waals surface area contributed by atoms with Gasteiger partial charge in [0.2, 0.25) is 0 Å². The summed E-state index contributed by atoms with van der Waals surface area (Å²) in [5.74, 6) is 0. The van der Waals surface area contributed by atoms with Gasteiger partial charge >= 0.3 is 0 Å². The van der Waals surface area contributed by atoms with Gasteiger partial charge in [0.15, 0.2) is 5.11 Å². The van der Waals surface area contributed by atoms with Gasteiger partial charge in [-0.25, -0.2) is 0 Å². The Balaban J connectivity index is 1.70. The first-order valence-corrected chi connectivity index (χ1v) is 12.6. The summed E-state index contributed by atoms with van der Waals surface area (Å²) in [6.07, 6.45) is 1.85. The first-order chi connectivity index (χ1) is 16.4. The van der Waals surface area contributed by atoms with Gasteiger partial charge in [0.05, 0.1) is 17.8 Å². The number of pyridine rings is 1. The normalized spacial score (nSPS) is 17.8. The van der Waals surface area contributed by atoms with E-state index in [9.17, 15) is 0 Å². The van der Waals surface area contributed by atoms with Gasteiger partial charge < -0.3 is 14.8 Å². The zero-order chi connectivity index (χ0) is 24.0. The maximum absolute atomic E-state index is 5.89. The minimum Gasteiger partial charge on any atom is -0.351 e. The minimum atomic E-state index is -0.0649. The lowest BCUT2D eigenvalue weighted by atomic mass is 9.96. The molecule has 34 heavy (non-hydrogen) atoms. The summed E-state index contributed by atoms with van der Waals surface area (Å²) in [5, 5.41) is 4.28. The highest BCUT2D eigenvalue weighted by Gasteiger charge is 2.42. The number of benzene rings is 2. The Hall–Kier alpha value is -2.96. The summed E-state index contributed by atoms with van der Waals surface area (Å²) >= 11 is 9.45. The van der Waals surface area contributed by atoms with E-state index in [-0.39, 0.29) is 12.1 Å². The van der Waals surface area contributed by atoms with Crippen LogP contribution in [0.5, 0.6) is 0 Å². The van der Waals surface area contributed by atoms with E-state index in [1.54, 1.807) is 0 Å². The number of anilines is 1. The molecular formula is C28H27BrN4S. The monoisotopic (exact) mass is 530 g/mol. The van der Waals surface area contributed by atoms with Crippen LogP contribution in [-0.2, 0) is 0 Å². The molecule has 2 aromatic heterocycles. The molecule has 0 aliphatic carbocycles. The Labute approximate surface area is 214 Å². The summed E-state index contributed by atoms with van der Waals surface area (Å²) in [4.78, 5) is 6.93. The predicted octanol–water partition coefficient (Wildman–Crippen LogP) is 7.05. The van der Waals surface area contributed by atoms with Crippen molar-refractivity contribution in [2.45, 2.75) is 39.8 Å². The van der Waals surface area contributed by atoms with Crippen molar-refractivity contribution in [1.29, 1.82) is 0 Å². The summed E-state index contributed by atoms with van der Waals surface area (Å²) < 4.78 is 3.41. The molecule has 1 aliphatic heterocycles. The van der Waals surface area contributed by atoms with Crippen molar-refractivity contribution < 1.29 is 0 Å². The zero-order valence-electron chi connectivity index (χ0n) is 19.7. The average molecular weight is 532 g/mol. The van der Waals surface area contributed by atoms with E-state index in [0.717, 1.165) is 15.9 Å². The van der Waals surface area contributed by atoms with Gasteiger partial charge in [0.25, 0.3) is 0 Å². The number of nitrogens with zero attached hydrogens (tertiary/aromatic N) is 3. The highest BCUT2D eigenvalue weighted by atomic mass is 79.9. The summed E-state index contributed by atoms with van der Waals surface area (Å²) in [6, 6.07) is 23.1. The van der Waals surface area contributed by atoms with Crippen molar-refractivity contribution in [3.63, 3.8) is 0 Å². The van der Waals surface area contributed by atoms with Gasteiger partial charge in [-0.3, -0.25) is 4.98 Å². The van der Waals surface area contributed by atoms with Gasteiger partial charge in [-0.1, -0.05) is 34.1 Å². The van der Waals surface area contributed by atoms with Crippen LogP contribution in [0.25, 0.3) is 5.69 Å². The molecule has 0 spiro atoms. The van der Waals surface area contributed by atoms with Gasteiger partial charge in [-0.2, -0.15) is 0 Å². The van der Waals surface area contributed by atoms with Crippen molar-refractivity contribution in [2.24, 2.45) is 0 Å². The fraction of sp³-hybridized carbons (Fsp3) is 0.214. The van der Waals surface area contributed by atoms with E-state index in [1.165, 1.54) is 33.8 Å². The van der Waals surface area contributed by atoms with Gasteiger partial charge in [0.1, 0.15) is 0 Å². The number of rotatable bonds is 4. The molecule has 1 aliphatic rings. The van der Waals surface area contributed by atoms with Crippen LogP contribution in [0.3, 0.4) is 0 Å². The molecule has 6 heteroatoms. The third kappa shape index (κ3) is 3.85. The van der Waals surface area contributed by atoms with E-state index >= 15 is 0 Å². The number of hydrogen-bond donors (Lipinski definition) is 1. The molecule has 0 saturated carbocycles. The third-order valence-corrected chi connectivity index (χ3v) is 7.65. The van der Waals surface area contributed by atoms with Crippen LogP contribution in [0, 0.1) is 27.7 Å². The Morgan fingerprint density at radius 1 is 0.941 bits per heavy atom. The molecule has 172 valence electrons. The third-order valence-electron chi connectivity index (χ3n) is 6.81. The second-order valence-corrected chi connectivity index (χ2v) is 10.2. The fourth-order valence-electron chi connectivity index (χ4n) is 4.99. The van der Waals surface area contributed by atoms with Crippen molar-refractivity contribution >= 4 is 38.9 Å². The topological polar surface area (TPSA) is 33.1 Å². The highest BCUT2D eigenvalue weighted by molar-refractivity contribution is 9.10. The van der Waals surface area contributed by atoms with Crippen LogP contribution in [0.15, 0.2) is 77.4 Å². The lowest BCUT2D eigenvalue weighted by Crippen LogP contribution is -2.29. The molecule has 0 bridgehead atoms. The van der Waals surface area contributed by atoms with Crippen molar-refractivity contribution in [3.8, 4) is 5.69 Å². The number of nitrogens with one attached hydrogen (secondary N) is 1. The Morgan fingerprint density at radius 2 is 1.71 bits per heavy atom. The Kier molecular flexibility index (Phi) is 6.04. The van der Waals surface area contributed by atoms with Crippen molar-refractivity contribution in [1.82, 2.24) is 14.9 Å². The van der Waals surface area contributed by atoms with Crippen LogP contribution in [0.4, 0.5) is 5.69 Å². The first-order valence-electron chi connectivity index (χ1n) is 11.4. The van der Waals surface area contributed by atoms with Crippen molar-refractivity contribution in [2.75, 3.05) is 4.90 Å². The second kappa shape index (κ2) is 9.01. The maximum atomic E-state index is 5.89. The van der Waals surface area contributed by atoms with E-state index in [0.29, 0.717) is 5.11 Å². The van der Waals surface area contributed by atoms with Gasteiger partial charge in [-0.15, -0.1) is 0 Å². The predicted molar refractivity (Wildman–Crippen MR) is 147 cm³/mol. The first kappa shape index (κ1) is 22.8. The highest BCUT2D eigenvalue weighted by Crippen LogP contribution is 2.44. The lowest BCUT2D eigenvalue weighted by Gasteiger charge is -2.28. The smallest absolute Gasteiger partial charge is 0.174 e. The van der Waals surface area contributed by atoms with E-state index < -0.39 is 0 Å². The molecule has 3 heterocycles. The average Bonchev–Trinajstić information content (AvgIpc) is 3.32. The number of hydrogen-bond acceptors (Lipinski definition) is 2. The van der Waals surface area contributed by atoms with E-state index in [1.807, 2.05) is 18.3 Å². The Bertz CT molecular complexity index is 1360. The molecule has 2 aromatic carbocycles. The Morgan fingerprint density at radius 3 is 2.41 bits per heavy atom. The molecule has 0 radical (unpaired) electrons. The summed E-state index contributed by atoms with van der Waals surface area (Å²) in [7, 11) is 0. The fourth-order valence-corrected chi connectivity index (χ4v) is 5.60. The SMILES string of the molecule is Cc1cccc(-n2c(C)cc([C@@H]3[C@H](c4ccccn4)NC(=S)N3c3ccc(Br)cc3)c2C)c1C. The van der Waals surface area contributed by atoms with Gasteiger partial charge in [-0.05, 0) is 105 Å². The number of aromatic nitrogens is 2. The molecule has 0 unspecified atom stereocenters. The largest absolute Gasteiger partial charge is 0.351 e. The zero-order valence-corrected chi connectivity index (χ0v) is 22.1. The van der Waals surface area contributed by atoms with Crippen LogP contribution in [0.1, 0.15) is 45.9 Å². The molecule has 5 rings (SSSR count). The molecule has 1 fully saturated rings. The van der Waals surface area contributed by atoms with Gasteiger partial charge in [0, 0.05) is 33.4 Å². The van der Waals surface area contributed by atoms with Crippen LogP contribution in [0.2, 0.25) is 0 Å². The molecule has 1 N–H and O–H groups in total. The standard InChI is InChI=1S/C28H27BrN4S/c1-17-8-7-10-25(19(17)3)32-18(2)16-23(20(32)4)27-26(24-9-5-6-15-30-24)31-28(34)33(27)22-13-11-21(29)12-14-22/h5-16,26-27H,1-4H3,(H,31,34)/t26-,27+/m0/s1. The molecule has 0 amide bonds. The van der Waals surface area contributed by atoms with Crippen LogP contribution >= 0.6 is 28.1 Å². The number of thiocarbonyl (C=S) groups is 1. The minimum absolute atomic E-state index is 0.0337. The number of aryl methyl sites for hydroxylation is 2. The maximum Gasteiger partial charge on any atom is 0.174 e. The summed E-state index contributed by atoms with van der Waals surface area (Å²) in [6.45, 7) is 8.75. The van der Waals surface area contributed by atoms with Crippen LogP contribution in [-0.4, -0.2) is 14.7 Å². The number of halogens is 1. The molecule has 4 aromatic rings.